The maximum atomic E-state index is 15.6. The molecule has 1 aliphatic rings. The molecule has 2 unspecified atom stereocenters. The number of hydrogen-bond donors (Lipinski definition) is 1. The number of nitrogens with zero attached hydrogens (tertiary/aromatic N) is 2. The van der Waals surface area contributed by atoms with Crippen LogP contribution in [0.1, 0.15) is 49.7 Å². The fourth-order valence-electron chi connectivity index (χ4n) is 3.04. The molecule has 1 aromatic heterocycles. The van der Waals surface area contributed by atoms with Crippen LogP contribution in [0.3, 0.4) is 0 Å². The van der Waals surface area contributed by atoms with E-state index in [2.05, 4.69) is 4.98 Å². The highest BCUT2D eigenvalue weighted by Crippen LogP contribution is 2.45. The first-order chi connectivity index (χ1) is 10.6. The van der Waals surface area contributed by atoms with Crippen LogP contribution in [-0.2, 0) is 5.67 Å². The van der Waals surface area contributed by atoms with Crippen LogP contribution in [0, 0.1) is 5.41 Å². The number of carboxylic acid groups (broad SMARTS) is 1. The highest BCUT2D eigenvalue weighted by Gasteiger charge is 2.48. The van der Waals surface area contributed by atoms with Gasteiger partial charge in [0.2, 0.25) is 0 Å². The first kappa shape index (κ1) is 17.7. The van der Waals surface area contributed by atoms with Gasteiger partial charge in [-0.25, -0.2) is 9.18 Å². The van der Waals surface area contributed by atoms with Gasteiger partial charge in [0.15, 0.2) is 12.0 Å². The summed E-state index contributed by atoms with van der Waals surface area (Å²) >= 11 is 6.10. The molecule has 23 heavy (non-hydrogen) atoms. The first-order valence-electron chi connectivity index (χ1n) is 7.38. The molecule has 7 heteroatoms. The summed E-state index contributed by atoms with van der Waals surface area (Å²) in [6.45, 7) is 5.71. The second-order valence-electron chi connectivity index (χ2n) is 6.99. The smallest absolute Gasteiger partial charge is 0.407 e. The molecule has 2 atom stereocenters. The minimum absolute atomic E-state index is 0.0148. The number of carbonyl (C=O) groups is 2. The molecule has 0 saturated carbocycles. The average molecular weight is 343 g/mol. The van der Waals surface area contributed by atoms with Crippen LogP contribution in [-0.4, -0.2) is 40.0 Å². The number of alkyl halides is 1. The maximum Gasteiger partial charge on any atom is 0.407 e. The quantitative estimate of drug-likeness (QED) is 0.827. The van der Waals surface area contributed by atoms with Gasteiger partial charge in [0.05, 0.1) is 10.7 Å². The van der Waals surface area contributed by atoms with Crippen molar-refractivity contribution in [3.63, 3.8) is 0 Å². The summed E-state index contributed by atoms with van der Waals surface area (Å²) in [6.07, 6.45) is 0.793. The Hall–Kier alpha value is -1.69. The number of aromatic nitrogens is 1. The summed E-state index contributed by atoms with van der Waals surface area (Å²) in [5, 5.41) is 9.45. The number of rotatable bonds is 2. The maximum absolute atomic E-state index is 15.6. The summed E-state index contributed by atoms with van der Waals surface area (Å²) in [6, 6.07) is 0.885. The third kappa shape index (κ3) is 3.47. The van der Waals surface area contributed by atoms with Gasteiger partial charge in [0, 0.05) is 37.2 Å². The molecule has 0 aliphatic carbocycles. The summed E-state index contributed by atoms with van der Waals surface area (Å²) in [4.78, 5) is 27.5. The SMILES string of the molecule is CC(C)(C)C1CC(F)(c2ncc(C=O)cc2Cl)CCN1C(=O)O. The van der Waals surface area contributed by atoms with Crippen molar-refractivity contribution in [3.8, 4) is 0 Å². The molecule has 0 spiro atoms. The lowest BCUT2D eigenvalue weighted by Crippen LogP contribution is -2.55. The molecule has 0 bridgehead atoms. The summed E-state index contributed by atoms with van der Waals surface area (Å²) in [7, 11) is 0. The third-order valence-corrected chi connectivity index (χ3v) is 4.60. The molecule has 0 aromatic carbocycles. The highest BCUT2D eigenvalue weighted by molar-refractivity contribution is 6.31. The Bertz CT molecular complexity index is 632. The second kappa shape index (κ2) is 6.07. The Labute approximate surface area is 139 Å². The van der Waals surface area contributed by atoms with E-state index < -0.39 is 23.2 Å². The van der Waals surface area contributed by atoms with Crippen LogP contribution in [0.5, 0.6) is 0 Å². The zero-order chi connectivity index (χ0) is 17.4. The van der Waals surface area contributed by atoms with E-state index in [0.717, 1.165) is 0 Å². The summed E-state index contributed by atoms with van der Waals surface area (Å²) in [5.41, 5.74) is -1.89. The third-order valence-electron chi connectivity index (χ3n) is 4.31. The molecular formula is C16H20ClFN2O3. The molecule has 1 saturated heterocycles. The number of hydrogen-bond acceptors (Lipinski definition) is 3. The Morgan fingerprint density at radius 3 is 2.70 bits per heavy atom. The zero-order valence-electron chi connectivity index (χ0n) is 13.3. The number of halogens is 2. The molecule has 0 radical (unpaired) electrons. The van der Waals surface area contributed by atoms with E-state index in [1.54, 1.807) is 0 Å². The first-order valence-corrected chi connectivity index (χ1v) is 7.76. The standard InChI is InChI=1S/C16H20ClFN2O3/c1-15(2,3)12-7-16(18,4-5-20(12)14(22)23)13-11(17)6-10(9-21)8-19-13/h6,8-9,12H,4-5,7H2,1-3H3,(H,22,23). The van der Waals surface area contributed by atoms with Gasteiger partial charge in [-0.1, -0.05) is 32.4 Å². The average Bonchev–Trinajstić information content (AvgIpc) is 2.45. The van der Waals surface area contributed by atoms with Crippen LogP contribution >= 0.6 is 11.6 Å². The van der Waals surface area contributed by atoms with Gasteiger partial charge in [0.25, 0.3) is 0 Å². The monoisotopic (exact) mass is 342 g/mol. The fraction of sp³-hybridized carbons (Fsp3) is 0.562. The van der Waals surface area contributed by atoms with Gasteiger partial charge in [-0.2, -0.15) is 0 Å². The van der Waals surface area contributed by atoms with Crippen molar-refractivity contribution in [1.29, 1.82) is 0 Å². The number of aldehydes is 1. The van der Waals surface area contributed by atoms with E-state index in [1.807, 2.05) is 20.8 Å². The molecule has 2 rings (SSSR count). The molecule has 2 heterocycles. The van der Waals surface area contributed by atoms with Crippen molar-refractivity contribution in [2.75, 3.05) is 6.54 Å². The predicted octanol–water partition coefficient (Wildman–Crippen LogP) is 3.90. The zero-order valence-corrected chi connectivity index (χ0v) is 14.1. The molecule has 1 N–H and O–H groups in total. The topological polar surface area (TPSA) is 70.5 Å². The van der Waals surface area contributed by atoms with Gasteiger partial charge in [-0.05, 0) is 11.5 Å². The molecule has 1 aromatic rings. The lowest BCUT2D eigenvalue weighted by atomic mass is 9.74. The van der Waals surface area contributed by atoms with E-state index in [9.17, 15) is 14.7 Å². The number of pyridine rings is 1. The fourth-order valence-corrected chi connectivity index (χ4v) is 3.38. The lowest BCUT2D eigenvalue weighted by Gasteiger charge is -2.46. The van der Waals surface area contributed by atoms with Crippen LogP contribution in [0.15, 0.2) is 12.3 Å². The normalized spacial score (nSPS) is 25.3. The van der Waals surface area contributed by atoms with Crippen molar-refractivity contribution in [1.82, 2.24) is 9.88 Å². The Balaban J connectivity index is 2.40. The van der Waals surface area contributed by atoms with Gasteiger partial charge < -0.3 is 10.0 Å². The van der Waals surface area contributed by atoms with E-state index in [0.29, 0.717) is 6.29 Å². The van der Waals surface area contributed by atoms with Crippen LogP contribution in [0.2, 0.25) is 5.02 Å². The molecule has 1 fully saturated rings. The predicted molar refractivity (Wildman–Crippen MR) is 84.6 cm³/mol. The number of piperidine rings is 1. The van der Waals surface area contributed by atoms with Gasteiger partial charge in [-0.3, -0.25) is 9.78 Å². The van der Waals surface area contributed by atoms with Crippen molar-refractivity contribution >= 4 is 24.0 Å². The van der Waals surface area contributed by atoms with Crippen molar-refractivity contribution in [2.24, 2.45) is 5.41 Å². The molecule has 126 valence electrons. The summed E-state index contributed by atoms with van der Waals surface area (Å²) < 4.78 is 15.6. The highest BCUT2D eigenvalue weighted by atomic mass is 35.5. The van der Waals surface area contributed by atoms with Gasteiger partial charge >= 0.3 is 6.09 Å². The van der Waals surface area contributed by atoms with Crippen LogP contribution < -0.4 is 0 Å². The number of carbonyl (C=O) groups excluding carboxylic acids is 1. The van der Waals surface area contributed by atoms with Crippen LogP contribution in [0.4, 0.5) is 9.18 Å². The lowest BCUT2D eigenvalue weighted by molar-refractivity contribution is -0.0197. The number of likely N-dealkylation sites (tertiary alicyclic amines) is 1. The van der Waals surface area contributed by atoms with E-state index in [4.69, 9.17) is 11.6 Å². The number of amides is 1. The minimum Gasteiger partial charge on any atom is -0.465 e. The largest absolute Gasteiger partial charge is 0.465 e. The van der Waals surface area contributed by atoms with Crippen molar-refractivity contribution in [2.45, 2.75) is 45.3 Å². The summed E-state index contributed by atoms with van der Waals surface area (Å²) in [5.74, 6) is 0. The van der Waals surface area contributed by atoms with Crippen molar-refractivity contribution < 1.29 is 19.1 Å². The Morgan fingerprint density at radius 2 is 2.22 bits per heavy atom. The van der Waals surface area contributed by atoms with Crippen molar-refractivity contribution in [3.05, 3.63) is 28.5 Å². The van der Waals surface area contributed by atoms with E-state index >= 15 is 4.39 Å². The van der Waals surface area contributed by atoms with E-state index in [-0.39, 0.29) is 35.7 Å². The molecule has 1 aliphatic heterocycles. The van der Waals surface area contributed by atoms with Gasteiger partial charge in [0.1, 0.15) is 0 Å². The van der Waals surface area contributed by atoms with Gasteiger partial charge in [-0.15, -0.1) is 0 Å². The second-order valence-corrected chi connectivity index (χ2v) is 7.40. The molecule has 1 amide bonds. The van der Waals surface area contributed by atoms with Crippen LogP contribution in [0.25, 0.3) is 0 Å². The molecule has 5 nitrogen and oxygen atoms in total. The minimum atomic E-state index is -1.82. The van der Waals surface area contributed by atoms with E-state index in [1.165, 1.54) is 17.2 Å². The Morgan fingerprint density at radius 1 is 1.57 bits per heavy atom. The molecular weight excluding hydrogens is 323 g/mol. The Kier molecular flexibility index (Phi) is 4.66.